The number of hydrogen-bond acceptors (Lipinski definition) is 1. The van der Waals surface area contributed by atoms with E-state index in [1.165, 1.54) is 6.42 Å². The molecule has 0 amide bonds. The summed E-state index contributed by atoms with van der Waals surface area (Å²) in [6, 6.07) is 0.722. The largest absolute Gasteiger partial charge is 0.304 e. The summed E-state index contributed by atoms with van der Waals surface area (Å²) < 4.78 is 0. The smallest absolute Gasteiger partial charge is 0.00943 e. The molecule has 12 heavy (non-hydrogen) atoms. The molecule has 0 radical (unpaired) electrons. The molecule has 74 valence electrons. The Morgan fingerprint density at radius 1 is 1.08 bits per heavy atom. The van der Waals surface area contributed by atoms with E-state index < -0.39 is 0 Å². The Labute approximate surface area is 78.1 Å². The zero-order valence-electron chi connectivity index (χ0n) is 9.59. The van der Waals surface area contributed by atoms with Crippen LogP contribution in [0.1, 0.15) is 41.0 Å². The molecule has 1 heteroatoms. The van der Waals surface area contributed by atoms with Crippen molar-refractivity contribution in [3.8, 4) is 0 Å². The molecule has 0 aromatic heterocycles. The van der Waals surface area contributed by atoms with Crippen molar-refractivity contribution in [3.63, 3.8) is 0 Å². The van der Waals surface area contributed by atoms with Gasteiger partial charge in [0.1, 0.15) is 0 Å². The van der Waals surface area contributed by atoms with Gasteiger partial charge in [-0.05, 0) is 32.4 Å². The van der Waals surface area contributed by atoms with Gasteiger partial charge in [0.05, 0.1) is 0 Å². The molecule has 0 aliphatic heterocycles. The molecule has 2 atom stereocenters. The minimum absolute atomic E-state index is 0.722. The lowest BCUT2D eigenvalue weighted by Gasteiger charge is -2.33. The van der Waals surface area contributed by atoms with Crippen LogP contribution < -0.4 is 0 Å². The van der Waals surface area contributed by atoms with Crippen molar-refractivity contribution in [2.24, 2.45) is 11.8 Å². The molecule has 0 bridgehead atoms. The average molecular weight is 171 g/mol. The maximum atomic E-state index is 2.44. The Bertz CT molecular complexity index is 110. The summed E-state index contributed by atoms with van der Waals surface area (Å²) in [7, 11) is 2.22. The van der Waals surface area contributed by atoms with E-state index in [2.05, 4.69) is 46.6 Å². The Balaban J connectivity index is 4.10. The van der Waals surface area contributed by atoms with Crippen molar-refractivity contribution >= 4 is 0 Å². The lowest BCUT2D eigenvalue weighted by molar-refractivity contribution is 0.159. The highest BCUT2D eigenvalue weighted by Crippen LogP contribution is 2.21. The SMILES string of the molecule is CCC(C(C)C)[C@@H](C)N(C)CC. The van der Waals surface area contributed by atoms with Gasteiger partial charge in [-0.3, -0.25) is 0 Å². The van der Waals surface area contributed by atoms with Crippen LogP contribution in [-0.4, -0.2) is 24.5 Å². The predicted molar refractivity (Wildman–Crippen MR) is 56.4 cm³/mol. The van der Waals surface area contributed by atoms with E-state index in [9.17, 15) is 0 Å². The monoisotopic (exact) mass is 171 g/mol. The summed E-state index contributed by atoms with van der Waals surface area (Å²) >= 11 is 0. The minimum Gasteiger partial charge on any atom is -0.304 e. The Morgan fingerprint density at radius 3 is 1.83 bits per heavy atom. The molecule has 0 N–H and O–H groups in total. The first-order valence-corrected chi connectivity index (χ1v) is 5.24. The summed E-state index contributed by atoms with van der Waals surface area (Å²) in [5, 5.41) is 0. The summed E-state index contributed by atoms with van der Waals surface area (Å²) in [4.78, 5) is 2.44. The standard InChI is InChI=1S/C11H25N/c1-7-11(9(3)4)10(5)12(6)8-2/h9-11H,7-8H2,1-6H3/t10-,11?/m1/s1. The third-order valence-electron chi connectivity index (χ3n) is 3.14. The second kappa shape index (κ2) is 5.58. The molecular weight excluding hydrogens is 146 g/mol. The van der Waals surface area contributed by atoms with Crippen LogP contribution in [0, 0.1) is 11.8 Å². The molecule has 0 aliphatic carbocycles. The highest BCUT2D eigenvalue weighted by Gasteiger charge is 2.21. The third-order valence-corrected chi connectivity index (χ3v) is 3.14. The van der Waals surface area contributed by atoms with Crippen LogP contribution >= 0.6 is 0 Å². The molecule has 0 fully saturated rings. The molecule has 0 rings (SSSR count). The van der Waals surface area contributed by atoms with Gasteiger partial charge in [-0.15, -0.1) is 0 Å². The Kier molecular flexibility index (Phi) is 5.56. The second-order valence-electron chi connectivity index (χ2n) is 4.13. The maximum Gasteiger partial charge on any atom is 0.00943 e. The molecular formula is C11H25N. The number of hydrogen-bond donors (Lipinski definition) is 0. The Morgan fingerprint density at radius 2 is 1.58 bits per heavy atom. The van der Waals surface area contributed by atoms with E-state index in [-0.39, 0.29) is 0 Å². The lowest BCUT2D eigenvalue weighted by Crippen LogP contribution is -2.37. The maximum absolute atomic E-state index is 2.44. The molecule has 0 saturated carbocycles. The van der Waals surface area contributed by atoms with Crippen LogP contribution in [0.15, 0.2) is 0 Å². The quantitative estimate of drug-likeness (QED) is 0.614. The van der Waals surface area contributed by atoms with Gasteiger partial charge in [0.25, 0.3) is 0 Å². The first kappa shape index (κ1) is 12.0. The van der Waals surface area contributed by atoms with Crippen LogP contribution in [0.5, 0.6) is 0 Å². The molecule has 0 aliphatic rings. The van der Waals surface area contributed by atoms with E-state index in [1.54, 1.807) is 0 Å². The molecule has 0 saturated heterocycles. The zero-order chi connectivity index (χ0) is 9.72. The van der Waals surface area contributed by atoms with Crippen molar-refractivity contribution in [3.05, 3.63) is 0 Å². The number of rotatable bonds is 5. The van der Waals surface area contributed by atoms with Crippen molar-refractivity contribution < 1.29 is 0 Å². The summed E-state index contributed by atoms with van der Waals surface area (Å²) in [5.74, 6) is 1.65. The van der Waals surface area contributed by atoms with Gasteiger partial charge < -0.3 is 4.90 Å². The molecule has 1 unspecified atom stereocenters. The first-order valence-electron chi connectivity index (χ1n) is 5.24. The average Bonchev–Trinajstić information content (AvgIpc) is 2.03. The first-order chi connectivity index (χ1) is 5.54. The van der Waals surface area contributed by atoms with Crippen LogP contribution in [-0.2, 0) is 0 Å². The lowest BCUT2D eigenvalue weighted by atomic mass is 9.86. The molecule has 0 heterocycles. The summed E-state index contributed by atoms with van der Waals surface area (Å²) in [6.45, 7) is 12.7. The van der Waals surface area contributed by atoms with E-state index in [0.717, 1.165) is 24.4 Å². The van der Waals surface area contributed by atoms with Crippen LogP contribution in [0.2, 0.25) is 0 Å². The molecule has 1 nitrogen and oxygen atoms in total. The van der Waals surface area contributed by atoms with Crippen molar-refractivity contribution in [1.82, 2.24) is 4.90 Å². The highest BCUT2D eigenvalue weighted by molar-refractivity contribution is 4.74. The number of nitrogens with zero attached hydrogens (tertiary/aromatic N) is 1. The summed E-state index contributed by atoms with van der Waals surface area (Å²) in [6.07, 6.45) is 1.29. The van der Waals surface area contributed by atoms with Crippen LogP contribution in [0.3, 0.4) is 0 Å². The van der Waals surface area contributed by atoms with Gasteiger partial charge in [0.15, 0.2) is 0 Å². The van der Waals surface area contributed by atoms with Gasteiger partial charge in [0, 0.05) is 6.04 Å². The third kappa shape index (κ3) is 3.14. The van der Waals surface area contributed by atoms with Crippen molar-refractivity contribution in [2.75, 3.05) is 13.6 Å². The molecule has 0 spiro atoms. The van der Waals surface area contributed by atoms with E-state index in [4.69, 9.17) is 0 Å². The van der Waals surface area contributed by atoms with E-state index in [1.807, 2.05) is 0 Å². The van der Waals surface area contributed by atoms with Gasteiger partial charge in [0.2, 0.25) is 0 Å². The topological polar surface area (TPSA) is 3.24 Å². The van der Waals surface area contributed by atoms with Crippen molar-refractivity contribution in [2.45, 2.75) is 47.1 Å². The van der Waals surface area contributed by atoms with Gasteiger partial charge >= 0.3 is 0 Å². The zero-order valence-corrected chi connectivity index (χ0v) is 9.59. The molecule has 0 aromatic rings. The predicted octanol–water partition coefficient (Wildman–Crippen LogP) is 3.01. The fourth-order valence-electron chi connectivity index (χ4n) is 1.98. The fourth-order valence-corrected chi connectivity index (χ4v) is 1.98. The van der Waals surface area contributed by atoms with E-state index >= 15 is 0 Å². The minimum atomic E-state index is 0.722. The van der Waals surface area contributed by atoms with Crippen molar-refractivity contribution in [1.29, 1.82) is 0 Å². The second-order valence-corrected chi connectivity index (χ2v) is 4.13. The fraction of sp³-hybridized carbons (Fsp3) is 1.00. The summed E-state index contributed by atoms with van der Waals surface area (Å²) in [5.41, 5.74) is 0. The molecule has 0 aromatic carbocycles. The van der Waals surface area contributed by atoms with Gasteiger partial charge in [-0.25, -0.2) is 0 Å². The normalized spacial score (nSPS) is 17.0. The Hall–Kier alpha value is -0.0400. The van der Waals surface area contributed by atoms with Crippen LogP contribution in [0.4, 0.5) is 0 Å². The van der Waals surface area contributed by atoms with Gasteiger partial charge in [-0.2, -0.15) is 0 Å². The van der Waals surface area contributed by atoms with E-state index in [0.29, 0.717) is 0 Å². The highest BCUT2D eigenvalue weighted by atomic mass is 15.1. The van der Waals surface area contributed by atoms with Crippen LogP contribution in [0.25, 0.3) is 0 Å². The van der Waals surface area contributed by atoms with Gasteiger partial charge in [-0.1, -0.05) is 34.1 Å².